The van der Waals surface area contributed by atoms with E-state index in [0.29, 0.717) is 12.2 Å². The van der Waals surface area contributed by atoms with Crippen LogP contribution in [0.5, 0.6) is 0 Å². The predicted molar refractivity (Wildman–Crippen MR) is 64.0 cm³/mol. The minimum Gasteiger partial charge on any atom is -0.392 e. The van der Waals surface area contributed by atoms with Gasteiger partial charge in [-0.05, 0) is 18.6 Å². The molecule has 1 atom stereocenters. The van der Waals surface area contributed by atoms with E-state index < -0.39 is 0 Å². The first-order valence-corrected chi connectivity index (χ1v) is 5.93. The van der Waals surface area contributed by atoms with E-state index in [1.165, 1.54) is 4.90 Å². The van der Waals surface area contributed by atoms with E-state index in [4.69, 9.17) is 5.11 Å². The number of hydrogen-bond donors (Lipinski definition) is 2. The van der Waals surface area contributed by atoms with Crippen LogP contribution in [0.3, 0.4) is 0 Å². The molecule has 0 heterocycles. The third-order valence-corrected chi connectivity index (χ3v) is 3.02. The Morgan fingerprint density at radius 1 is 1.20 bits per heavy atom. The van der Waals surface area contributed by atoms with Gasteiger partial charge in [-0.3, -0.25) is 0 Å². The first-order chi connectivity index (χ1) is 7.33. The van der Waals surface area contributed by atoms with Crippen molar-refractivity contribution in [2.45, 2.75) is 17.4 Å². The lowest BCUT2D eigenvalue weighted by atomic mass is 10.3. The molecule has 0 amide bonds. The summed E-state index contributed by atoms with van der Waals surface area (Å²) in [7, 11) is 0. The maximum atomic E-state index is 9.58. The highest BCUT2D eigenvalue weighted by Gasteiger charge is 2.02. The molecule has 2 nitrogen and oxygen atoms in total. The van der Waals surface area contributed by atoms with Crippen molar-refractivity contribution in [3.8, 4) is 0 Å². The topological polar surface area (TPSA) is 40.5 Å². The maximum Gasteiger partial charge on any atom is 0.0668 e. The molecule has 1 aromatic rings. The molecule has 1 aromatic carbocycles. The van der Waals surface area contributed by atoms with Crippen LogP contribution in [-0.4, -0.2) is 28.7 Å². The second-order valence-electron chi connectivity index (χ2n) is 3.17. The number of thioether (sulfide) groups is 1. The molecule has 0 saturated carbocycles. The zero-order valence-electron chi connectivity index (χ0n) is 8.54. The van der Waals surface area contributed by atoms with Gasteiger partial charge in [-0.25, -0.2) is 0 Å². The summed E-state index contributed by atoms with van der Waals surface area (Å²) in [5, 5.41) is 18.1. The first-order valence-electron chi connectivity index (χ1n) is 4.94. The van der Waals surface area contributed by atoms with Gasteiger partial charge in [0.05, 0.1) is 12.7 Å². The Hall–Kier alpha value is -0.770. The van der Waals surface area contributed by atoms with Crippen molar-refractivity contribution in [3.63, 3.8) is 0 Å². The second-order valence-corrected chi connectivity index (χ2v) is 4.26. The van der Waals surface area contributed by atoms with E-state index in [0.717, 1.165) is 0 Å². The van der Waals surface area contributed by atoms with Crippen LogP contribution in [0.2, 0.25) is 0 Å². The molecule has 2 N–H and O–H groups in total. The summed E-state index contributed by atoms with van der Waals surface area (Å²) in [5.74, 6) is 0.680. The zero-order valence-corrected chi connectivity index (χ0v) is 9.36. The Morgan fingerprint density at radius 2 is 1.93 bits per heavy atom. The molecule has 0 aromatic heterocycles. The minimum absolute atomic E-state index is 0.0402. The van der Waals surface area contributed by atoms with Crippen LogP contribution in [0.25, 0.3) is 0 Å². The lowest BCUT2D eigenvalue weighted by Crippen LogP contribution is -2.07. The van der Waals surface area contributed by atoms with Crippen molar-refractivity contribution in [3.05, 3.63) is 42.5 Å². The van der Waals surface area contributed by atoms with Crippen LogP contribution < -0.4 is 0 Å². The molecule has 0 aliphatic carbocycles. The molecule has 0 bridgehead atoms. The molecule has 0 aliphatic heterocycles. The second kappa shape index (κ2) is 7.51. The lowest BCUT2D eigenvalue weighted by Gasteiger charge is -2.07. The van der Waals surface area contributed by atoms with Gasteiger partial charge < -0.3 is 10.2 Å². The molecule has 0 radical (unpaired) electrons. The molecular weight excluding hydrogens is 208 g/mol. The fraction of sp³-hybridized carbons (Fsp3) is 0.333. The molecule has 3 heteroatoms. The van der Waals surface area contributed by atoms with Crippen LogP contribution >= 0.6 is 11.8 Å². The third kappa shape index (κ3) is 5.62. The number of aliphatic hydroxyl groups excluding tert-OH is 2. The van der Waals surface area contributed by atoms with Crippen LogP contribution in [-0.2, 0) is 0 Å². The molecule has 82 valence electrons. The van der Waals surface area contributed by atoms with Crippen LogP contribution in [0.15, 0.2) is 47.4 Å². The Labute approximate surface area is 94.6 Å². The monoisotopic (exact) mass is 224 g/mol. The van der Waals surface area contributed by atoms with E-state index in [2.05, 4.69) is 0 Å². The SMILES string of the molecule is OC/C=C/CC(O)CSc1ccccc1. The van der Waals surface area contributed by atoms with Crippen molar-refractivity contribution >= 4 is 11.8 Å². The molecule has 0 fully saturated rings. The number of aliphatic hydroxyl groups is 2. The van der Waals surface area contributed by atoms with Gasteiger partial charge in [0.25, 0.3) is 0 Å². The smallest absolute Gasteiger partial charge is 0.0668 e. The average Bonchev–Trinajstić information content (AvgIpc) is 2.28. The van der Waals surface area contributed by atoms with Crippen LogP contribution in [0, 0.1) is 0 Å². The van der Waals surface area contributed by atoms with Crippen molar-refractivity contribution in [2.75, 3.05) is 12.4 Å². The van der Waals surface area contributed by atoms with Crippen molar-refractivity contribution in [1.82, 2.24) is 0 Å². The van der Waals surface area contributed by atoms with E-state index >= 15 is 0 Å². The van der Waals surface area contributed by atoms with Crippen LogP contribution in [0.4, 0.5) is 0 Å². The normalized spacial score (nSPS) is 13.2. The average molecular weight is 224 g/mol. The van der Waals surface area contributed by atoms with Crippen molar-refractivity contribution in [1.29, 1.82) is 0 Å². The van der Waals surface area contributed by atoms with Gasteiger partial charge in [0, 0.05) is 10.6 Å². The maximum absolute atomic E-state index is 9.58. The highest BCUT2D eigenvalue weighted by molar-refractivity contribution is 7.99. The summed E-state index contributed by atoms with van der Waals surface area (Å²) in [5.41, 5.74) is 0. The fourth-order valence-electron chi connectivity index (χ4n) is 1.11. The summed E-state index contributed by atoms with van der Waals surface area (Å²) in [6, 6.07) is 10.0. The molecule has 15 heavy (non-hydrogen) atoms. The van der Waals surface area contributed by atoms with Gasteiger partial charge in [0.15, 0.2) is 0 Å². The first kappa shape index (κ1) is 12.3. The van der Waals surface area contributed by atoms with E-state index in [-0.39, 0.29) is 12.7 Å². The highest BCUT2D eigenvalue weighted by atomic mass is 32.2. The molecule has 0 saturated heterocycles. The third-order valence-electron chi connectivity index (χ3n) is 1.87. The standard InChI is InChI=1S/C12H16O2S/c13-9-5-4-6-11(14)10-15-12-7-2-1-3-8-12/h1-5,7-8,11,13-14H,6,9-10H2/b5-4+. The summed E-state index contributed by atoms with van der Waals surface area (Å²) < 4.78 is 0. The highest BCUT2D eigenvalue weighted by Crippen LogP contribution is 2.18. The number of hydrogen-bond acceptors (Lipinski definition) is 3. The number of benzene rings is 1. The molecule has 0 aliphatic rings. The van der Waals surface area contributed by atoms with Gasteiger partial charge in [-0.2, -0.15) is 0 Å². The lowest BCUT2D eigenvalue weighted by molar-refractivity contribution is 0.203. The van der Waals surface area contributed by atoms with Gasteiger partial charge >= 0.3 is 0 Å². The molecule has 0 spiro atoms. The zero-order chi connectivity index (χ0) is 10.9. The molecule has 1 rings (SSSR count). The van der Waals surface area contributed by atoms with E-state index in [1.54, 1.807) is 23.9 Å². The Kier molecular flexibility index (Phi) is 6.16. The Morgan fingerprint density at radius 3 is 2.60 bits per heavy atom. The van der Waals surface area contributed by atoms with Gasteiger partial charge in [-0.15, -0.1) is 11.8 Å². The van der Waals surface area contributed by atoms with Gasteiger partial charge in [0.1, 0.15) is 0 Å². The largest absolute Gasteiger partial charge is 0.392 e. The number of rotatable bonds is 6. The Bertz CT molecular complexity index is 285. The van der Waals surface area contributed by atoms with Gasteiger partial charge in [-0.1, -0.05) is 30.4 Å². The fourth-order valence-corrected chi connectivity index (χ4v) is 1.98. The van der Waals surface area contributed by atoms with Crippen molar-refractivity contribution in [2.24, 2.45) is 0 Å². The van der Waals surface area contributed by atoms with Crippen molar-refractivity contribution < 1.29 is 10.2 Å². The summed E-state index contributed by atoms with van der Waals surface area (Å²) in [6.45, 7) is 0.0402. The summed E-state index contributed by atoms with van der Waals surface area (Å²) in [4.78, 5) is 1.17. The van der Waals surface area contributed by atoms with Gasteiger partial charge in [0.2, 0.25) is 0 Å². The summed E-state index contributed by atoms with van der Waals surface area (Å²) in [6.07, 6.45) is 3.70. The minimum atomic E-state index is -0.349. The molecular formula is C12H16O2S. The molecule has 1 unspecified atom stereocenters. The van der Waals surface area contributed by atoms with Crippen LogP contribution in [0.1, 0.15) is 6.42 Å². The predicted octanol–water partition coefficient (Wildman–Crippen LogP) is 2.08. The Balaban J connectivity index is 2.22. The van der Waals surface area contributed by atoms with E-state index in [1.807, 2.05) is 30.3 Å². The summed E-state index contributed by atoms with van der Waals surface area (Å²) >= 11 is 1.64. The quantitative estimate of drug-likeness (QED) is 0.574. The van der Waals surface area contributed by atoms with E-state index in [9.17, 15) is 5.11 Å².